The van der Waals surface area contributed by atoms with Gasteiger partial charge in [-0.25, -0.2) is 8.78 Å². The van der Waals surface area contributed by atoms with Crippen LogP contribution in [-0.2, 0) is 15.9 Å². The predicted octanol–water partition coefficient (Wildman–Crippen LogP) is 7.44. The number of rotatable bonds is 6. The van der Waals surface area contributed by atoms with E-state index < -0.39 is 11.7 Å². The van der Waals surface area contributed by atoms with E-state index in [1.165, 1.54) is 5.56 Å². The molecule has 0 N–H and O–H groups in total. The molecule has 4 heteroatoms. The van der Waals surface area contributed by atoms with Gasteiger partial charge < -0.3 is 9.47 Å². The Kier molecular flexibility index (Phi) is 7.52. The summed E-state index contributed by atoms with van der Waals surface area (Å²) >= 11 is 0. The number of halogens is 2. The highest BCUT2D eigenvalue weighted by molar-refractivity contribution is 5.83. The Hall–Kier alpha value is -2.04. The molecule has 0 aromatic heterocycles. The van der Waals surface area contributed by atoms with Gasteiger partial charge in [-0.05, 0) is 55.6 Å². The molecule has 0 amide bonds. The van der Waals surface area contributed by atoms with Crippen LogP contribution in [0.15, 0.2) is 48.5 Å². The molecule has 1 heterocycles. The molecule has 1 aliphatic carbocycles. The second kappa shape index (κ2) is 10.5. The zero-order valence-corrected chi connectivity index (χ0v) is 18.3. The third-order valence-electron chi connectivity index (χ3n) is 6.58. The zero-order valence-electron chi connectivity index (χ0n) is 18.3. The van der Waals surface area contributed by atoms with Crippen molar-refractivity contribution in [1.29, 1.82) is 0 Å². The fourth-order valence-corrected chi connectivity index (χ4v) is 4.76. The second-order valence-electron chi connectivity index (χ2n) is 8.77. The molecule has 4 rings (SSSR count). The summed E-state index contributed by atoms with van der Waals surface area (Å²) in [4.78, 5) is 0. The Labute approximate surface area is 184 Å². The highest BCUT2D eigenvalue weighted by atomic mass is 19.2. The Morgan fingerprint density at radius 1 is 0.806 bits per heavy atom. The van der Waals surface area contributed by atoms with Gasteiger partial charge in [0.2, 0.25) is 0 Å². The molecule has 2 nitrogen and oxygen atoms in total. The van der Waals surface area contributed by atoms with E-state index in [0.29, 0.717) is 11.8 Å². The first-order valence-corrected chi connectivity index (χ1v) is 11.6. The SMILES string of the molecule is CCCc1ccc(/C(F)=C(/F)c2ccc(C3CCC(C4OCCCO4)CC3)cc2)cc1. The quantitative estimate of drug-likeness (QED) is 0.447. The molecule has 1 aliphatic heterocycles. The molecule has 2 aliphatic rings. The maximum absolute atomic E-state index is 14.8. The summed E-state index contributed by atoms with van der Waals surface area (Å²) in [6.45, 7) is 3.69. The first kappa shape index (κ1) is 22.2. The predicted molar refractivity (Wildman–Crippen MR) is 121 cm³/mol. The van der Waals surface area contributed by atoms with E-state index in [1.54, 1.807) is 24.3 Å². The maximum atomic E-state index is 14.8. The van der Waals surface area contributed by atoms with E-state index >= 15 is 0 Å². The van der Waals surface area contributed by atoms with Gasteiger partial charge in [0.25, 0.3) is 0 Å². The molecule has 0 radical (unpaired) electrons. The van der Waals surface area contributed by atoms with Crippen molar-refractivity contribution in [2.24, 2.45) is 5.92 Å². The molecule has 31 heavy (non-hydrogen) atoms. The van der Waals surface area contributed by atoms with E-state index in [4.69, 9.17) is 9.47 Å². The van der Waals surface area contributed by atoms with Crippen LogP contribution < -0.4 is 0 Å². The lowest BCUT2D eigenvalue weighted by Gasteiger charge is -2.35. The lowest BCUT2D eigenvalue weighted by atomic mass is 9.78. The summed E-state index contributed by atoms with van der Waals surface area (Å²) in [5, 5.41) is 0. The van der Waals surface area contributed by atoms with Gasteiger partial charge in [0.1, 0.15) is 0 Å². The van der Waals surface area contributed by atoms with Gasteiger partial charge in [-0.2, -0.15) is 0 Å². The van der Waals surface area contributed by atoms with Crippen molar-refractivity contribution in [1.82, 2.24) is 0 Å². The van der Waals surface area contributed by atoms with Crippen LogP contribution in [-0.4, -0.2) is 19.5 Å². The standard InChI is InChI=1S/C27H32F2O2/c1-2-4-19-5-7-22(8-6-19)25(28)26(29)23-13-9-20(10-14-23)21-11-15-24(16-12-21)27-30-17-3-18-31-27/h5-10,13-14,21,24,27H,2-4,11-12,15-18H2,1H3/b26-25-. The van der Waals surface area contributed by atoms with Crippen LogP contribution in [0.5, 0.6) is 0 Å². The van der Waals surface area contributed by atoms with Crippen LogP contribution in [0.1, 0.15) is 73.6 Å². The van der Waals surface area contributed by atoms with Gasteiger partial charge in [0, 0.05) is 17.0 Å². The largest absolute Gasteiger partial charge is 0.352 e. The Morgan fingerprint density at radius 2 is 1.35 bits per heavy atom. The number of hydrogen-bond acceptors (Lipinski definition) is 2. The number of aryl methyl sites for hydroxylation is 1. The van der Waals surface area contributed by atoms with Crippen molar-refractivity contribution < 1.29 is 18.3 Å². The van der Waals surface area contributed by atoms with Gasteiger partial charge in [-0.3, -0.25) is 0 Å². The summed E-state index contributed by atoms with van der Waals surface area (Å²) < 4.78 is 41.0. The van der Waals surface area contributed by atoms with E-state index in [2.05, 4.69) is 6.92 Å². The van der Waals surface area contributed by atoms with E-state index in [9.17, 15) is 8.78 Å². The molecule has 0 unspecified atom stereocenters. The lowest BCUT2D eigenvalue weighted by molar-refractivity contribution is -0.209. The summed E-state index contributed by atoms with van der Waals surface area (Å²) in [6.07, 6.45) is 7.21. The number of benzene rings is 2. The molecule has 1 saturated carbocycles. The summed E-state index contributed by atoms with van der Waals surface area (Å²) in [6, 6.07) is 14.4. The molecular weight excluding hydrogens is 394 g/mol. The molecule has 0 bridgehead atoms. The maximum Gasteiger partial charge on any atom is 0.166 e. The van der Waals surface area contributed by atoms with Crippen LogP contribution in [0.3, 0.4) is 0 Å². The molecule has 0 spiro atoms. The average molecular weight is 427 g/mol. The molecule has 2 aromatic carbocycles. The molecular formula is C27H32F2O2. The van der Waals surface area contributed by atoms with Crippen molar-refractivity contribution in [2.45, 2.75) is 64.1 Å². The van der Waals surface area contributed by atoms with Crippen molar-refractivity contribution in [3.63, 3.8) is 0 Å². The molecule has 166 valence electrons. The minimum atomic E-state index is -0.802. The fraction of sp³-hybridized carbons (Fsp3) is 0.481. The Morgan fingerprint density at radius 3 is 1.90 bits per heavy atom. The Balaban J connectivity index is 1.39. The minimum Gasteiger partial charge on any atom is -0.352 e. The van der Waals surface area contributed by atoms with Crippen LogP contribution in [0, 0.1) is 5.92 Å². The summed E-state index contributed by atoms with van der Waals surface area (Å²) in [7, 11) is 0. The second-order valence-corrected chi connectivity index (χ2v) is 8.77. The van der Waals surface area contributed by atoms with E-state index in [0.717, 1.165) is 63.7 Å². The van der Waals surface area contributed by atoms with Gasteiger partial charge in [-0.15, -0.1) is 0 Å². The summed E-state index contributed by atoms with van der Waals surface area (Å²) in [5.74, 6) is -0.681. The zero-order chi connectivity index (χ0) is 21.6. The van der Waals surface area contributed by atoms with Crippen molar-refractivity contribution in [2.75, 3.05) is 13.2 Å². The third kappa shape index (κ3) is 5.42. The van der Waals surface area contributed by atoms with Gasteiger partial charge >= 0.3 is 0 Å². The first-order valence-electron chi connectivity index (χ1n) is 11.6. The van der Waals surface area contributed by atoms with Gasteiger partial charge in [-0.1, -0.05) is 61.9 Å². The lowest BCUT2D eigenvalue weighted by Crippen LogP contribution is -2.34. The third-order valence-corrected chi connectivity index (χ3v) is 6.58. The van der Waals surface area contributed by atoms with Crippen molar-refractivity contribution in [3.05, 3.63) is 70.8 Å². The Bertz CT molecular complexity index is 859. The van der Waals surface area contributed by atoms with Crippen LogP contribution in [0.25, 0.3) is 11.7 Å². The van der Waals surface area contributed by atoms with E-state index in [1.807, 2.05) is 24.3 Å². The normalized spacial score (nSPS) is 23.5. The number of hydrogen-bond donors (Lipinski definition) is 0. The highest BCUT2D eigenvalue weighted by Crippen LogP contribution is 2.39. The van der Waals surface area contributed by atoms with Crippen LogP contribution >= 0.6 is 0 Å². The summed E-state index contributed by atoms with van der Waals surface area (Å²) in [5.41, 5.74) is 2.91. The fourth-order valence-electron chi connectivity index (χ4n) is 4.76. The van der Waals surface area contributed by atoms with Crippen molar-refractivity contribution in [3.8, 4) is 0 Å². The van der Waals surface area contributed by atoms with Crippen molar-refractivity contribution >= 4 is 11.7 Å². The minimum absolute atomic E-state index is 0.0460. The first-order chi connectivity index (χ1) is 15.2. The molecule has 2 aromatic rings. The molecule has 2 fully saturated rings. The number of ether oxygens (including phenoxy) is 2. The smallest absolute Gasteiger partial charge is 0.166 e. The van der Waals surface area contributed by atoms with Gasteiger partial charge in [0.05, 0.1) is 13.2 Å². The van der Waals surface area contributed by atoms with Crippen LogP contribution in [0.4, 0.5) is 8.78 Å². The topological polar surface area (TPSA) is 18.5 Å². The molecule has 0 atom stereocenters. The average Bonchev–Trinajstić information content (AvgIpc) is 2.85. The van der Waals surface area contributed by atoms with E-state index in [-0.39, 0.29) is 17.4 Å². The van der Waals surface area contributed by atoms with Crippen LogP contribution in [0.2, 0.25) is 0 Å². The molecule has 1 saturated heterocycles. The van der Waals surface area contributed by atoms with Gasteiger partial charge in [0.15, 0.2) is 17.9 Å². The monoisotopic (exact) mass is 426 g/mol. The highest BCUT2D eigenvalue weighted by Gasteiger charge is 2.30.